The first-order chi connectivity index (χ1) is 14.8. The standard InChI is InChI=1S/C20H24FN7O2S/c1-27-4-6-28(7-5-27)8-9-31(29,30)26-16-11-14(10-15(21)12-16)17-2-3-18-19(25-17)20(22)24-13-23-18/h2-3,10-13,26H,4-9H2,1H3,(H2,22,23,24). The third-order valence-electron chi connectivity index (χ3n) is 5.25. The highest BCUT2D eigenvalue weighted by Crippen LogP contribution is 2.26. The zero-order chi connectivity index (χ0) is 22.0. The monoisotopic (exact) mass is 445 g/mol. The van der Waals surface area contributed by atoms with Crippen molar-refractivity contribution in [1.29, 1.82) is 0 Å². The number of anilines is 2. The van der Waals surface area contributed by atoms with Crippen molar-refractivity contribution in [2.24, 2.45) is 0 Å². The van der Waals surface area contributed by atoms with E-state index in [0.29, 0.717) is 28.8 Å². The lowest BCUT2D eigenvalue weighted by Gasteiger charge is -2.32. The van der Waals surface area contributed by atoms with Crippen LogP contribution >= 0.6 is 0 Å². The maximum Gasteiger partial charge on any atom is 0.233 e. The van der Waals surface area contributed by atoms with Crippen molar-refractivity contribution in [2.45, 2.75) is 0 Å². The van der Waals surface area contributed by atoms with Gasteiger partial charge in [-0.2, -0.15) is 0 Å². The third kappa shape index (κ3) is 5.24. The number of benzene rings is 1. The van der Waals surface area contributed by atoms with Gasteiger partial charge in [-0.25, -0.2) is 27.8 Å². The lowest BCUT2D eigenvalue weighted by molar-refractivity contribution is 0.161. The van der Waals surface area contributed by atoms with Crippen LogP contribution in [0.15, 0.2) is 36.7 Å². The van der Waals surface area contributed by atoms with Crippen LogP contribution in [0.5, 0.6) is 0 Å². The molecule has 0 bridgehead atoms. The van der Waals surface area contributed by atoms with Gasteiger partial charge in [0.1, 0.15) is 17.7 Å². The quantitative estimate of drug-likeness (QED) is 0.585. The van der Waals surface area contributed by atoms with E-state index in [4.69, 9.17) is 5.73 Å². The molecule has 3 heterocycles. The molecule has 4 rings (SSSR count). The molecular weight excluding hydrogens is 421 g/mol. The lowest BCUT2D eigenvalue weighted by Crippen LogP contribution is -2.46. The number of hydrogen-bond donors (Lipinski definition) is 2. The molecule has 3 N–H and O–H groups in total. The second kappa shape index (κ2) is 8.69. The normalized spacial score (nSPS) is 15.9. The lowest BCUT2D eigenvalue weighted by atomic mass is 10.1. The average molecular weight is 446 g/mol. The Balaban J connectivity index is 1.52. The Morgan fingerprint density at radius 3 is 2.68 bits per heavy atom. The van der Waals surface area contributed by atoms with E-state index < -0.39 is 15.8 Å². The minimum Gasteiger partial charge on any atom is -0.382 e. The van der Waals surface area contributed by atoms with E-state index in [1.165, 1.54) is 12.4 Å². The van der Waals surface area contributed by atoms with Gasteiger partial charge in [0.25, 0.3) is 0 Å². The molecule has 3 aromatic rings. The molecule has 0 aliphatic carbocycles. The Bertz CT molecular complexity index is 1200. The van der Waals surface area contributed by atoms with Crippen LogP contribution in [0.1, 0.15) is 0 Å². The fraction of sp³-hybridized carbons (Fsp3) is 0.350. The highest BCUT2D eigenvalue weighted by Gasteiger charge is 2.18. The Hall–Kier alpha value is -2.89. The maximum absolute atomic E-state index is 14.3. The van der Waals surface area contributed by atoms with Crippen LogP contribution in [0.4, 0.5) is 15.9 Å². The fourth-order valence-electron chi connectivity index (χ4n) is 3.47. The maximum atomic E-state index is 14.3. The number of piperazine rings is 1. The molecule has 0 atom stereocenters. The van der Waals surface area contributed by atoms with Gasteiger partial charge in [-0.15, -0.1) is 0 Å². The van der Waals surface area contributed by atoms with Crippen molar-refractivity contribution in [2.75, 3.05) is 56.0 Å². The van der Waals surface area contributed by atoms with Gasteiger partial charge >= 0.3 is 0 Å². The summed E-state index contributed by atoms with van der Waals surface area (Å²) >= 11 is 0. The van der Waals surface area contributed by atoms with Gasteiger partial charge in [-0.1, -0.05) is 0 Å². The summed E-state index contributed by atoms with van der Waals surface area (Å²) in [5.74, 6) is -0.425. The number of hydrogen-bond acceptors (Lipinski definition) is 8. The Kier molecular flexibility index (Phi) is 5.99. The predicted octanol–water partition coefficient (Wildman–Crippen LogP) is 1.40. The molecule has 11 heteroatoms. The van der Waals surface area contributed by atoms with E-state index >= 15 is 0 Å². The number of nitrogens with two attached hydrogens (primary N) is 1. The van der Waals surface area contributed by atoms with Gasteiger partial charge in [0.05, 0.1) is 22.7 Å². The highest BCUT2D eigenvalue weighted by atomic mass is 32.2. The Morgan fingerprint density at radius 1 is 1.13 bits per heavy atom. The summed E-state index contributed by atoms with van der Waals surface area (Å²) in [4.78, 5) is 16.8. The van der Waals surface area contributed by atoms with Crippen molar-refractivity contribution in [1.82, 2.24) is 24.8 Å². The van der Waals surface area contributed by atoms with Gasteiger partial charge in [-0.3, -0.25) is 9.62 Å². The fourth-order valence-corrected chi connectivity index (χ4v) is 4.55. The first-order valence-electron chi connectivity index (χ1n) is 9.89. The zero-order valence-electron chi connectivity index (χ0n) is 17.1. The summed E-state index contributed by atoms with van der Waals surface area (Å²) in [6, 6.07) is 7.37. The van der Waals surface area contributed by atoms with Gasteiger partial charge in [0, 0.05) is 38.3 Å². The third-order valence-corrected chi connectivity index (χ3v) is 6.52. The molecule has 31 heavy (non-hydrogen) atoms. The van der Waals surface area contributed by atoms with Gasteiger partial charge in [0.15, 0.2) is 5.82 Å². The molecule has 1 aliphatic heterocycles. The summed E-state index contributed by atoms with van der Waals surface area (Å²) in [5.41, 5.74) is 7.83. The Morgan fingerprint density at radius 2 is 1.90 bits per heavy atom. The highest BCUT2D eigenvalue weighted by molar-refractivity contribution is 7.92. The summed E-state index contributed by atoms with van der Waals surface area (Å²) in [6.07, 6.45) is 1.34. The molecule has 0 unspecified atom stereocenters. The molecule has 1 aliphatic rings. The second-order valence-corrected chi connectivity index (χ2v) is 9.46. The van der Waals surface area contributed by atoms with Crippen molar-refractivity contribution in [3.8, 4) is 11.3 Å². The largest absolute Gasteiger partial charge is 0.382 e. The molecule has 9 nitrogen and oxygen atoms in total. The van der Waals surface area contributed by atoms with Crippen LogP contribution < -0.4 is 10.5 Å². The van der Waals surface area contributed by atoms with Crippen molar-refractivity contribution < 1.29 is 12.8 Å². The van der Waals surface area contributed by atoms with E-state index in [2.05, 4.69) is 29.5 Å². The SMILES string of the molecule is CN1CCN(CCS(=O)(=O)Nc2cc(F)cc(-c3ccc4ncnc(N)c4n3)c2)CC1. The average Bonchev–Trinajstić information content (AvgIpc) is 2.73. The first kappa shape index (κ1) is 21.3. The van der Waals surface area contributed by atoms with Crippen molar-refractivity contribution in [3.63, 3.8) is 0 Å². The molecular formula is C20H24FN7O2S. The summed E-state index contributed by atoms with van der Waals surface area (Å²) < 4.78 is 41.9. The number of fused-ring (bicyclic) bond motifs is 1. The Labute approximate surface area is 180 Å². The van der Waals surface area contributed by atoms with E-state index in [-0.39, 0.29) is 17.3 Å². The van der Waals surface area contributed by atoms with Crippen molar-refractivity contribution in [3.05, 3.63) is 42.5 Å². The number of nitrogens with zero attached hydrogens (tertiary/aromatic N) is 5. The number of aromatic nitrogens is 3. The minimum absolute atomic E-state index is 0.0648. The molecule has 0 saturated carbocycles. The van der Waals surface area contributed by atoms with Crippen LogP contribution in [0.25, 0.3) is 22.3 Å². The number of pyridine rings is 1. The summed E-state index contributed by atoms with van der Waals surface area (Å²) in [5, 5.41) is 0. The summed E-state index contributed by atoms with van der Waals surface area (Å²) in [7, 11) is -1.59. The minimum atomic E-state index is -3.64. The number of halogens is 1. The van der Waals surface area contributed by atoms with Crippen LogP contribution in [-0.4, -0.2) is 78.7 Å². The number of nitrogen functional groups attached to an aromatic ring is 1. The number of nitrogens with one attached hydrogen (secondary N) is 1. The molecule has 0 radical (unpaired) electrons. The first-order valence-corrected chi connectivity index (χ1v) is 11.5. The summed E-state index contributed by atoms with van der Waals surface area (Å²) in [6.45, 7) is 3.91. The molecule has 1 aromatic carbocycles. The molecule has 164 valence electrons. The molecule has 0 spiro atoms. The van der Waals surface area contributed by atoms with Gasteiger partial charge < -0.3 is 10.6 Å². The van der Waals surface area contributed by atoms with Crippen molar-refractivity contribution >= 4 is 32.6 Å². The number of sulfonamides is 1. The van der Waals surface area contributed by atoms with Gasteiger partial charge in [0.2, 0.25) is 10.0 Å². The molecule has 1 fully saturated rings. The number of likely N-dealkylation sites (N-methyl/N-ethyl adjacent to an activating group) is 1. The molecule has 1 saturated heterocycles. The topological polar surface area (TPSA) is 117 Å². The zero-order valence-corrected chi connectivity index (χ0v) is 17.9. The molecule has 2 aromatic heterocycles. The van der Waals surface area contributed by atoms with Gasteiger partial charge in [-0.05, 0) is 37.4 Å². The van der Waals surface area contributed by atoms with E-state index in [0.717, 1.165) is 32.2 Å². The number of rotatable bonds is 6. The van der Waals surface area contributed by atoms with Crippen LogP contribution in [-0.2, 0) is 10.0 Å². The van der Waals surface area contributed by atoms with E-state index in [1.54, 1.807) is 18.2 Å². The van der Waals surface area contributed by atoms with Crippen LogP contribution in [0, 0.1) is 5.82 Å². The van der Waals surface area contributed by atoms with E-state index in [9.17, 15) is 12.8 Å². The smallest absolute Gasteiger partial charge is 0.233 e. The molecule has 0 amide bonds. The van der Waals surface area contributed by atoms with E-state index in [1.807, 2.05) is 7.05 Å². The van der Waals surface area contributed by atoms with Crippen LogP contribution in [0.2, 0.25) is 0 Å². The second-order valence-electron chi connectivity index (χ2n) is 7.62. The van der Waals surface area contributed by atoms with Crippen LogP contribution in [0.3, 0.4) is 0 Å². The predicted molar refractivity (Wildman–Crippen MR) is 118 cm³/mol.